The van der Waals surface area contributed by atoms with Gasteiger partial charge in [-0.05, 0) is 45.1 Å². The van der Waals surface area contributed by atoms with Gasteiger partial charge in [-0.3, -0.25) is 9.59 Å². The van der Waals surface area contributed by atoms with E-state index in [4.69, 9.17) is 4.74 Å². The molecular weight excluding hydrogens is 370 g/mol. The summed E-state index contributed by atoms with van der Waals surface area (Å²) in [7, 11) is 0. The van der Waals surface area contributed by atoms with Crippen LogP contribution in [0.5, 0.6) is 0 Å². The van der Waals surface area contributed by atoms with Crippen molar-refractivity contribution in [1.29, 1.82) is 0 Å². The minimum atomic E-state index is -0.549. The van der Waals surface area contributed by atoms with Gasteiger partial charge in [0, 0.05) is 32.6 Å². The third-order valence-corrected chi connectivity index (χ3v) is 4.77. The smallest absolute Gasteiger partial charge is 0.407 e. The van der Waals surface area contributed by atoms with Crippen molar-refractivity contribution in [2.24, 2.45) is 5.92 Å². The summed E-state index contributed by atoms with van der Waals surface area (Å²) in [5, 5.41) is 5.62. The molecule has 0 aliphatic carbocycles. The molecule has 1 fully saturated rings. The van der Waals surface area contributed by atoms with E-state index in [1.54, 1.807) is 20.8 Å². The van der Waals surface area contributed by atoms with Crippen molar-refractivity contribution in [2.45, 2.75) is 52.1 Å². The molecule has 160 valence electrons. The van der Waals surface area contributed by atoms with Crippen molar-refractivity contribution in [3.8, 4) is 0 Å². The third-order valence-electron chi connectivity index (χ3n) is 4.77. The van der Waals surface area contributed by atoms with Crippen LogP contribution in [0.25, 0.3) is 0 Å². The van der Waals surface area contributed by atoms with Crippen molar-refractivity contribution in [1.82, 2.24) is 15.5 Å². The van der Waals surface area contributed by atoms with Crippen LogP contribution in [0.3, 0.4) is 0 Å². The van der Waals surface area contributed by atoms with Gasteiger partial charge in [-0.1, -0.05) is 30.3 Å². The summed E-state index contributed by atoms with van der Waals surface area (Å²) in [6, 6.07) is 9.68. The number of alkyl carbamates (subject to hydrolysis) is 1. The molecule has 1 aromatic carbocycles. The average Bonchev–Trinajstić information content (AvgIpc) is 2.66. The normalized spacial score (nSPS) is 14.9. The zero-order valence-corrected chi connectivity index (χ0v) is 17.7. The van der Waals surface area contributed by atoms with Crippen molar-refractivity contribution in [3.05, 3.63) is 35.9 Å². The molecule has 0 atom stereocenters. The number of hydrogen-bond acceptors (Lipinski definition) is 4. The van der Waals surface area contributed by atoms with Crippen LogP contribution in [-0.2, 0) is 20.7 Å². The molecule has 1 aromatic rings. The summed E-state index contributed by atoms with van der Waals surface area (Å²) in [5.41, 5.74) is 0.456. The fourth-order valence-corrected chi connectivity index (χ4v) is 3.23. The number of carbonyl (C=O) groups is 3. The zero-order valence-electron chi connectivity index (χ0n) is 17.7. The Hall–Kier alpha value is -2.57. The van der Waals surface area contributed by atoms with E-state index >= 15 is 0 Å². The quantitative estimate of drug-likeness (QED) is 0.732. The number of likely N-dealkylation sites (tertiary alicyclic amines) is 1. The Morgan fingerprint density at radius 1 is 1.07 bits per heavy atom. The number of hydrogen-bond donors (Lipinski definition) is 2. The highest BCUT2D eigenvalue weighted by molar-refractivity contribution is 5.78. The number of rotatable bonds is 7. The summed E-state index contributed by atoms with van der Waals surface area (Å²) in [6.45, 7) is 7.68. The van der Waals surface area contributed by atoms with Crippen LogP contribution in [0.15, 0.2) is 30.3 Å². The highest BCUT2D eigenvalue weighted by Crippen LogP contribution is 2.17. The second-order valence-electron chi connectivity index (χ2n) is 8.47. The molecule has 7 nitrogen and oxygen atoms in total. The van der Waals surface area contributed by atoms with Crippen LogP contribution in [0.2, 0.25) is 0 Å². The van der Waals surface area contributed by atoms with E-state index < -0.39 is 11.7 Å². The van der Waals surface area contributed by atoms with Gasteiger partial charge in [-0.25, -0.2) is 4.79 Å². The van der Waals surface area contributed by atoms with Crippen molar-refractivity contribution in [3.63, 3.8) is 0 Å². The standard InChI is InChI=1S/C22H33N3O4/c1-22(2,3)29-21(28)23-12-9-20(27)25-13-10-18(11-14-25)16-24-19(26)15-17-7-5-4-6-8-17/h4-8,18H,9-16H2,1-3H3,(H,23,28)(H,24,26). The maximum atomic E-state index is 12.3. The first-order valence-electron chi connectivity index (χ1n) is 10.3. The molecule has 0 aromatic heterocycles. The molecule has 7 heteroatoms. The lowest BCUT2D eigenvalue weighted by atomic mass is 9.96. The van der Waals surface area contributed by atoms with Gasteiger partial charge in [0.05, 0.1) is 6.42 Å². The fourth-order valence-electron chi connectivity index (χ4n) is 3.23. The van der Waals surface area contributed by atoms with Gasteiger partial charge >= 0.3 is 6.09 Å². The zero-order chi connectivity index (χ0) is 21.3. The third kappa shape index (κ3) is 8.98. The Kier molecular flexibility index (Phi) is 8.49. The monoisotopic (exact) mass is 403 g/mol. The molecule has 1 saturated heterocycles. The summed E-state index contributed by atoms with van der Waals surface area (Å²) >= 11 is 0. The maximum Gasteiger partial charge on any atom is 0.407 e. The molecule has 0 bridgehead atoms. The number of carbonyl (C=O) groups excluding carboxylic acids is 3. The number of nitrogens with one attached hydrogen (secondary N) is 2. The number of amides is 3. The summed E-state index contributed by atoms with van der Waals surface area (Å²) in [4.78, 5) is 37.8. The molecule has 2 rings (SSSR count). The Bertz CT molecular complexity index is 677. The molecule has 0 saturated carbocycles. The largest absolute Gasteiger partial charge is 0.444 e. The Labute approximate surface area is 173 Å². The number of nitrogens with zero attached hydrogens (tertiary/aromatic N) is 1. The first-order valence-corrected chi connectivity index (χ1v) is 10.3. The molecule has 2 N–H and O–H groups in total. The van der Waals surface area contributed by atoms with E-state index in [0.29, 0.717) is 32.0 Å². The lowest BCUT2D eigenvalue weighted by Crippen LogP contribution is -2.43. The molecule has 1 aliphatic rings. The minimum Gasteiger partial charge on any atom is -0.444 e. The lowest BCUT2D eigenvalue weighted by molar-refractivity contribution is -0.132. The first-order chi connectivity index (χ1) is 13.7. The summed E-state index contributed by atoms with van der Waals surface area (Å²) in [6.07, 6.45) is 1.89. The molecule has 0 radical (unpaired) electrons. The Morgan fingerprint density at radius 3 is 2.34 bits per heavy atom. The van der Waals surface area contributed by atoms with Crippen LogP contribution in [-0.4, -0.2) is 54.6 Å². The predicted octanol–water partition coefficient (Wildman–Crippen LogP) is 2.50. The van der Waals surface area contributed by atoms with Gasteiger partial charge in [0.15, 0.2) is 0 Å². The number of piperidine rings is 1. The van der Waals surface area contributed by atoms with Gasteiger partial charge < -0.3 is 20.3 Å². The van der Waals surface area contributed by atoms with E-state index in [0.717, 1.165) is 18.4 Å². The lowest BCUT2D eigenvalue weighted by Gasteiger charge is -2.32. The molecule has 0 spiro atoms. The van der Waals surface area contributed by atoms with Gasteiger partial charge in [0.1, 0.15) is 5.60 Å². The number of benzene rings is 1. The van der Waals surface area contributed by atoms with Crippen LogP contribution in [0.4, 0.5) is 4.79 Å². The second-order valence-corrected chi connectivity index (χ2v) is 8.47. The SMILES string of the molecule is CC(C)(C)OC(=O)NCCC(=O)N1CCC(CNC(=O)Cc2ccccc2)CC1. The highest BCUT2D eigenvalue weighted by Gasteiger charge is 2.23. The molecule has 3 amide bonds. The van der Waals surface area contributed by atoms with Gasteiger partial charge in [0.25, 0.3) is 0 Å². The van der Waals surface area contributed by atoms with Crippen LogP contribution < -0.4 is 10.6 Å². The van der Waals surface area contributed by atoms with Crippen molar-refractivity contribution < 1.29 is 19.1 Å². The van der Waals surface area contributed by atoms with Crippen molar-refractivity contribution >= 4 is 17.9 Å². The fraction of sp³-hybridized carbons (Fsp3) is 0.591. The van der Waals surface area contributed by atoms with Gasteiger partial charge in [0.2, 0.25) is 11.8 Å². The summed E-state index contributed by atoms with van der Waals surface area (Å²) in [5.74, 6) is 0.453. The predicted molar refractivity (Wildman–Crippen MR) is 111 cm³/mol. The Morgan fingerprint density at radius 2 is 1.72 bits per heavy atom. The molecule has 0 unspecified atom stereocenters. The topological polar surface area (TPSA) is 87.7 Å². The average molecular weight is 404 g/mol. The first kappa shape index (κ1) is 22.7. The minimum absolute atomic E-state index is 0.0305. The van der Waals surface area contributed by atoms with Crippen molar-refractivity contribution in [2.75, 3.05) is 26.2 Å². The maximum absolute atomic E-state index is 12.3. The van der Waals surface area contributed by atoms with E-state index in [-0.39, 0.29) is 24.8 Å². The molecule has 1 aliphatic heterocycles. The molecular formula is C22H33N3O4. The van der Waals surface area contributed by atoms with E-state index in [9.17, 15) is 14.4 Å². The van der Waals surface area contributed by atoms with E-state index in [1.165, 1.54) is 0 Å². The Balaban J connectivity index is 1.60. The highest BCUT2D eigenvalue weighted by atomic mass is 16.6. The van der Waals surface area contributed by atoms with Gasteiger partial charge in [-0.2, -0.15) is 0 Å². The van der Waals surface area contributed by atoms with E-state index in [2.05, 4.69) is 10.6 Å². The summed E-state index contributed by atoms with van der Waals surface area (Å²) < 4.78 is 5.15. The van der Waals surface area contributed by atoms with Crippen LogP contribution in [0.1, 0.15) is 45.6 Å². The second kappa shape index (κ2) is 10.8. The molecule has 29 heavy (non-hydrogen) atoms. The number of ether oxygens (including phenoxy) is 1. The van der Waals surface area contributed by atoms with Crippen LogP contribution in [0, 0.1) is 5.92 Å². The van der Waals surface area contributed by atoms with E-state index in [1.807, 2.05) is 35.2 Å². The van der Waals surface area contributed by atoms with Crippen LogP contribution >= 0.6 is 0 Å². The molecule has 1 heterocycles. The van der Waals surface area contributed by atoms with Gasteiger partial charge in [-0.15, -0.1) is 0 Å².